The van der Waals surface area contributed by atoms with E-state index in [4.69, 9.17) is 11.6 Å². The summed E-state index contributed by atoms with van der Waals surface area (Å²) >= 11 is 6.09. The number of benzene rings is 2. The standard InChI is InChI=1S/C21H23ClN2O2/c1-15-6-2-3-7-17(15)14-20(25)24-12-10-16(11-13-24)21(26)23-19-9-5-4-8-18(19)22/h2-9,16H,10-14H2,1H3,(H,23,26). The Bertz CT molecular complexity index is 731. The molecular weight excluding hydrogens is 348 g/mol. The van der Waals surface area contributed by atoms with Gasteiger partial charge < -0.3 is 10.2 Å². The molecule has 0 spiro atoms. The minimum Gasteiger partial charge on any atom is -0.342 e. The van der Waals surface area contributed by atoms with Crippen molar-refractivity contribution < 1.29 is 9.59 Å². The van der Waals surface area contributed by atoms with Crippen LogP contribution >= 0.6 is 11.6 Å². The summed E-state index contributed by atoms with van der Waals surface area (Å²) in [6.45, 7) is 3.25. The Hall–Kier alpha value is -2.33. The van der Waals surface area contributed by atoms with Gasteiger partial charge in [0.1, 0.15) is 0 Å². The lowest BCUT2D eigenvalue weighted by atomic mass is 9.95. The molecule has 0 bridgehead atoms. The predicted octanol–water partition coefficient (Wildman–Crippen LogP) is 4.07. The molecule has 0 unspecified atom stereocenters. The molecule has 2 aromatic rings. The number of halogens is 1. The second-order valence-corrected chi connectivity index (χ2v) is 7.13. The molecule has 0 aromatic heterocycles. The van der Waals surface area contributed by atoms with E-state index in [9.17, 15) is 9.59 Å². The Morgan fingerprint density at radius 1 is 1.08 bits per heavy atom. The van der Waals surface area contributed by atoms with Crippen LogP contribution in [0.2, 0.25) is 5.02 Å². The summed E-state index contributed by atoms with van der Waals surface area (Å²) in [4.78, 5) is 26.9. The quantitative estimate of drug-likeness (QED) is 0.882. The van der Waals surface area contributed by atoms with E-state index in [0.717, 1.165) is 11.1 Å². The van der Waals surface area contributed by atoms with Crippen molar-refractivity contribution in [1.29, 1.82) is 0 Å². The van der Waals surface area contributed by atoms with Crippen LogP contribution in [0.3, 0.4) is 0 Å². The van der Waals surface area contributed by atoms with Crippen molar-refractivity contribution in [2.45, 2.75) is 26.2 Å². The Labute approximate surface area is 159 Å². The normalized spacial score (nSPS) is 14.9. The lowest BCUT2D eigenvalue weighted by Crippen LogP contribution is -2.42. The highest BCUT2D eigenvalue weighted by molar-refractivity contribution is 6.33. The van der Waals surface area contributed by atoms with E-state index >= 15 is 0 Å². The third-order valence-corrected chi connectivity index (χ3v) is 5.28. The molecule has 1 fully saturated rings. The molecule has 2 aromatic carbocycles. The summed E-state index contributed by atoms with van der Waals surface area (Å²) in [5, 5.41) is 3.43. The van der Waals surface area contributed by atoms with Crippen LogP contribution in [0.5, 0.6) is 0 Å². The van der Waals surface area contributed by atoms with Crippen LogP contribution in [0.4, 0.5) is 5.69 Å². The molecule has 4 nitrogen and oxygen atoms in total. The van der Waals surface area contributed by atoms with Crippen LogP contribution in [0, 0.1) is 12.8 Å². The van der Waals surface area contributed by atoms with E-state index in [-0.39, 0.29) is 17.7 Å². The van der Waals surface area contributed by atoms with Gasteiger partial charge in [0.15, 0.2) is 0 Å². The number of carbonyl (C=O) groups excluding carboxylic acids is 2. The van der Waals surface area contributed by atoms with Crippen LogP contribution < -0.4 is 5.32 Å². The summed E-state index contributed by atoms with van der Waals surface area (Å²) in [5.41, 5.74) is 2.84. The van der Waals surface area contributed by atoms with Gasteiger partial charge >= 0.3 is 0 Å². The minimum absolute atomic E-state index is 0.0240. The van der Waals surface area contributed by atoms with Gasteiger partial charge in [-0.2, -0.15) is 0 Å². The minimum atomic E-state index is -0.0891. The first-order chi connectivity index (χ1) is 12.5. The summed E-state index contributed by atoms with van der Waals surface area (Å²) in [6, 6.07) is 15.2. The average molecular weight is 371 g/mol. The summed E-state index contributed by atoms with van der Waals surface area (Å²) in [5.74, 6) is 0.0159. The number of likely N-dealkylation sites (tertiary alicyclic amines) is 1. The van der Waals surface area contributed by atoms with Crippen LogP contribution in [-0.4, -0.2) is 29.8 Å². The molecule has 0 aliphatic carbocycles. The van der Waals surface area contributed by atoms with Gasteiger partial charge in [0.25, 0.3) is 0 Å². The van der Waals surface area contributed by atoms with Crippen LogP contribution in [0.15, 0.2) is 48.5 Å². The largest absolute Gasteiger partial charge is 0.342 e. The zero-order valence-electron chi connectivity index (χ0n) is 14.9. The molecule has 2 amide bonds. The van der Waals surface area contributed by atoms with Gasteiger partial charge in [-0.25, -0.2) is 0 Å². The zero-order valence-corrected chi connectivity index (χ0v) is 15.6. The van der Waals surface area contributed by atoms with Crippen LogP contribution in [-0.2, 0) is 16.0 Å². The molecule has 26 heavy (non-hydrogen) atoms. The fraction of sp³-hybridized carbons (Fsp3) is 0.333. The van der Waals surface area contributed by atoms with Gasteiger partial charge in [0.05, 0.1) is 17.1 Å². The fourth-order valence-electron chi connectivity index (χ4n) is 3.27. The first-order valence-electron chi connectivity index (χ1n) is 8.92. The maximum atomic E-state index is 12.5. The number of nitrogens with zero attached hydrogens (tertiary/aromatic N) is 1. The van der Waals surface area contributed by atoms with E-state index < -0.39 is 0 Å². The third kappa shape index (κ3) is 4.44. The van der Waals surface area contributed by atoms with Crippen molar-refractivity contribution in [2.75, 3.05) is 18.4 Å². The number of piperidine rings is 1. The Balaban J connectivity index is 1.52. The molecule has 3 rings (SSSR count). The van der Waals surface area contributed by atoms with E-state index in [1.807, 2.05) is 48.2 Å². The van der Waals surface area contributed by atoms with Crippen molar-refractivity contribution in [2.24, 2.45) is 5.92 Å². The lowest BCUT2D eigenvalue weighted by Gasteiger charge is -2.31. The number of nitrogens with one attached hydrogen (secondary N) is 1. The number of rotatable bonds is 4. The molecule has 1 aliphatic heterocycles. The SMILES string of the molecule is Cc1ccccc1CC(=O)N1CCC(C(=O)Nc2ccccc2Cl)CC1. The molecule has 0 atom stereocenters. The second kappa shape index (κ2) is 8.37. The Morgan fingerprint density at radius 2 is 1.73 bits per heavy atom. The van der Waals surface area contributed by atoms with Crippen molar-refractivity contribution >= 4 is 29.1 Å². The van der Waals surface area contributed by atoms with Crippen molar-refractivity contribution in [3.63, 3.8) is 0 Å². The van der Waals surface area contributed by atoms with E-state index in [1.165, 1.54) is 0 Å². The lowest BCUT2D eigenvalue weighted by molar-refractivity contribution is -0.133. The molecule has 5 heteroatoms. The van der Waals surface area contributed by atoms with Gasteiger partial charge in [-0.15, -0.1) is 0 Å². The zero-order chi connectivity index (χ0) is 18.5. The highest BCUT2D eigenvalue weighted by Gasteiger charge is 2.27. The highest BCUT2D eigenvalue weighted by atomic mass is 35.5. The molecule has 1 N–H and O–H groups in total. The van der Waals surface area contributed by atoms with Crippen molar-refractivity contribution in [1.82, 2.24) is 4.90 Å². The fourth-order valence-corrected chi connectivity index (χ4v) is 3.45. The van der Waals surface area contributed by atoms with Crippen molar-refractivity contribution in [3.05, 3.63) is 64.7 Å². The number of anilines is 1. The molecule has 1 heterocycles. The Kier molecular flexibility index (Phi) is 5.94. The number of hydrogen-bond donors (Lipinski definition) is 1. The smallest absolute Gasteiger partial charge is 0.227 e. The van der Waals surface area contributed by atoms with E-state index in [2.05, 4.69) is 5.32 Å². The van der Waals surface area contributed by atoms with Crippen LogP contribution in [0.25, 0.3) is 0 Å². The van der Waals surface area contributed by atoms with E-state index in [1.54, 1.807) is 12.1 Å². The summed E-state index contributed by atoms with van der Waals surface area (Å²) in [6.07, 6.45) is 1.77. The monoisotopic (exact) mass is 370 g/mol. The molecule has 0 radical (unpaired) electrons. The second-order valence-electron chi connectivity index (χ2n) is 6.73. The summed E-state index contributed by atoms with van der Waals surface area (Å²) < 4.78 is 0. The Morgan fingerprint density at radius 3 is 2.42 bits per heavy atom. The van der Waals surface area contributed by atoms with Gasteiger partial charge in [-0.1, -0.05) is 48.0 Å². The first kappa shape index (κ1) is 18.5. The molecule has 136 valence electrons. The molecular formula is C21H23ClN2O2. The highest BCUT2D eigenvalue weighted by Crippen LogP contribution is 2.24. The molecule has 1 saturated heterocycles. The van der Waals surface area contributed by atoms with Gasteiger partial charge in [-0.05, 0) is 43.0 Å². The molecule has 0 saturated carbocycles. The predicted molar refractivity (Wildman–Crippen MR) is 104 cm³/mol. The first-order valence-corrected chi connectivity index (χ1v) is 9.30. The van der Waals surface area contributed by atoms with E-state index in [0.29, 0.717) is 43.1 Å². The molecule has 1 aliphatic rings. The van der Waals surface area contributed by atoms with Crippen molar-refractivity contribution in [3.8, 4) is 0 Å². The topological polar surface area (TPSA) is 49.4 Å². The third-order valence-electron chi connectivity index (χ3n) is 4.95. The van der Waals surface area contributed by atoms with Gasteiger partial charge in [0.2, 0.25) is 11.8 Å². The number of amides is 2. The summed E-state index contributed by atoms with van der Waals surface area (Å²) in [7, 11) is 0. The number of aryl methyl sites for hydroxylation is 1. The van der Waals surface area contributed by atoms with Gasteiger partial charge in [-0.3, -0.25) is 9.59 Å². The number of para-hydroxylation sites is 1. The maximum absolute atomic E-state index is 12.5. The van der Waals surface area contributed by atoms with Gasteiger partial charge in [0, 0.05) is 19.0 Å². The number of hydrogen-bond acceptors (Lipinski definition) is 2. The van der Waals surface area contributed by atoms with Crippen LogP contribution in [0.1, 0.15) is 24.0 Å². The average Bonchev–Trinajstić information content (AvgIpc) is 2.65. The number of carbonyl (C=O) groups is 2. The maximum Gasteiger partial charge on any atom is 0.227 e.